The molecule has 0 amide bonds. The van der Waals surface area contributed by atoms with Gasteiger partial charge in [0, 0.05) is 12.3 Å². The molecule has 0 saturated carbocycles. The fourth-order valence-electron chi connectivity index (χ4n) is 1.56. The third-order valence-corrected chi connectivity index (χ3v) is 2.18. The van der Waals surface area contributed by atoms with Crippen molar-refractivity contribution in [2.24, 2.45) is 5.92 Å². The van der Waals surface area contributed by atoms with Gasteiger partial charge in [0.1, 0.15) is 17.1 Å². The standard InChI is InChI=1S/C12H18O3/c1-7(2)5-9-6-10(12(13)14)11(15-9)8(3)4/h6-8H,5H2,1-4H3,(H,13,14). The Bertz CT molecular complexity index is 348. The van der Waals surface area contributed by atoms with E-state index in [0.717, 1.165) is 12.2 Å². The molecule has 0 aliphatic carbocycles. The normalized spacial score (nSPS) is 11.3. The summed E-state index contributed by atoms with van der Waals surface area (Å²) in [5.41, 5.74) is 0.306. The lowest BCUT2D eigenvalue weighted by Crippen LogP contribution is -1.99. The molecule has 1 aromatic rings. The molecule has 0 aliphatic heterocycles. The Kier molecular flexibility index (Phi) is 3.56. The highest BCUT2D eigenvalue weighted by Gasteiger charge is 2.19. The summed E-state index contributed by atoms with van der Waals surface area (Å²) in [4.78, 5) is 11.0. The number of rotatable bonds is 4. The monoisotopic (exact) mass is 210 g/mol. The molecule has 0 unspecified atom stereocenters. The lowest BCUT2D eigenvalue weighted by Gasteiger charge is -2.02. The molecular formula is C12H18O3. The number of hydrogen-bond donors (Lipinski definition) is 1. The predicted molar refractivity (Wildman–Crippen MR) is 58.3 cm³/mol. The second-order valence-electron chi connectivity index (χ2n) is 4.55. The van der Waals surface area contributed by atoms with Crippen molar-refractivity contribution < 1.29 is 14.3 Å². The van der Waals surface area contributed by atoms with Crippen LogP contribution in [0.1, 0.15) is 55.5 Å². The van der Waals surface area contributed by atoms with Crippen LogP contribution in [-0.2, 0) is 6.42 Å². The molecular weight excluding hydrogens is 192 g/mol. The second kappa shape index (κ2) is 4.51. The average Bonchev–Trinajstić information content (AvgIpc) is 2.46. The zero-order chi connectivity index (χ0) is 11.6. The number of carboxylic acid groups (broad SMARTS) is 1. The molecule has 0 bridgehead atoms. The van der Waals surface area contributed by atoms with Crippen LogP contribution < -0.4 is 0 Å². The summed E-state index contributed by atoms with van der Waals surface area (Å²) in [6.45, 7) is 8.03. The van der Waals surface area contributed by atoms with Crippen LogP contribution in [0.15, 0.2) is 10.5 Å². The predicted octanol–water partition coefficient (Wildman–Crippen LogP) is 3.30. The van der Waals surface area contributed by atoms with Crippen LogP contribution >= 0.6 is 0 Å². The molecule has 0 fully saturated rings. The van der Waals surface area contributed by atoms with Gasteiger partial charge < -0.3 is 9.52 Å². The Hall–Kier alpha value is -1.25. The summed E-state index contributed by atoms with van der Waals surface area (Å²) in [6, 6.07) is 1.65. The Morgan fingerprint density at radius 2 is 2.00 bits per heavy atom. The van der Waals surface area contributed by atoms with E-state index in [-0.39, 0.29) is 5.92 Å². The SMILES string of the molecule is CC(C)Cc1cc(C(=O)O)c(C(C)C)o1. The largest absolute Gasteiger partial charge is 0.478 e. The third kappa shape index (κ3) is 2.85. The first kappa shape index (κ1) is 11.8. The molecule has 1 aromatic heterocycles. The van der Waals surface area contributed by atoms with Crippen LogP contribution in [0.2, 0.25) is 0 Å². The summed E-state index contributed by atoms with van der Waals surface area (Å²) in [5.74, 6) is 1.02. The third-order valence-electron chi connectivity index (χ3n) is 2.18. The van der Waals surface area contributed by atoms with E-state index in [1.165, 1.54) is 0 Å². The first-order valence-electron chi connectivity index (χ1n) is 5.27. The lowest BCUT2D eigenvalue weighted by atomic mass is 10.1. The number of carboxylic acids is 1. The van der Waals surface area contributed by atoms with Gasteiger partial charge in [0.25, 0.3) is 0 Å². The molecule has 15 heavy (non-hydrogen) atoms. The van der Waals surface area contributed by atoms with Gasteiger partial charge >= 0.3 is 5.97 Å². The second-order valence-corrected chi connectivity index (χ2v) is 4.55. The molecule has 1 N–H and O–H groups in total. The van der Waals surface area contributed by atoms with Crippen molar-refractivity contribution >= 4 is 5.97 Å². The molecule has 0 aromatic carbocycles. The van der Waals surface area contributed by atoms with Crippen LogP contribution in [0.3, 0.4) is 0 Å². The average molecular weight is 210 g/mol. The van der Waals surface area contributed by atoms with E-state index in [2.05, 4.69) is 13.8 Å². The Morgan fingerprint density at radius 1 is 1.40 bits per heavy atom. The molecule has 0 radical (unpaired) electrons. The van der Waals surface area contributed by atoms with Crippen molar-refractivity contribution in [1.82, 2.24) is 0 Å². The number of aromatic carboxylic acids is 1. The molecule has 1 rings (SSSR count). The van der Waals surface area contributed by atoms with Gasteiger partial charge in [0.2, 0.25) is 0 Å². The number of carbonyl (C=O) groups is 1. The highest BCUT2D eigenvalue weighted by Crippen LogP contribution is 2.25. The van der Waals surface area contributed by atoms with E-state index < -0.39 is 5.97 Å². The van der Waals surface area contributed by atoms with Gasteiger partial charge in [-0.15, -0.1) is 0 Å². The molecule has 0 aliphatic rings. The maximum atomic E-state index is 11.0. The van der Waals surface area contributed by atoms with E-state index in [1.54, 1.807) is 6.07 Å². The van der Waals surface area contributed by atoms with E-state index in [1.807, 2.05) is 13.8 Å². The van der Waals surface area contributed by atoms with Crippen molar-refractivity contribution in [1.29, 1.82) is 0 Å². The van der Waals surface area contributed by atoms with Crippen LogP contribution in [0.4, 0.5) is 0 Å². The summed E-state index contributed by atoms with van der Waals surface area (Å²) >= 11 is 0. The zero-order valence-electron chi connectivity index (χ0n) is 9.70. The van der Waals surface area contributed by atoms with Gasteiger partial charge in [-0.25, -0.2) is 4.79 Å². The quantitative estimate of drug-likeness (QED) is 0.829. The maximum Gasteiger partial charge on any atom is 0.339 e. The summed E-state index contributed by atoms with van der Waals surface area (Å²) in [5, 5.41) is 9.00. The lowest BCUT2D eigenvalue weighted by molar-refractivity contribution is 0.0694. The van der Waals surface area contributed by atoms with Gasteiger partial charge in [0.15, 0.2) is 0 Å². The molecule has 0 spiro atoms. The van der Waals surface area contributed by atoms with Gasteiger partial charge in [-0.05, 0) is 12.0 Å². The molecule has 1 heterocycles. The van der Waals surface area contributed by atoms with E-state index in [0.29, 0.717) is 17.2 Å². The number of hydrogen-bond acceptors (Lipinski definition) is 2. The summed E-state index contributed by atoms with van der Waals surface area (Å²) in [6.07, 6.45) is 0.785. The van der Waals surface area contributed by atoms with E-state index in [4.69, 9.17) is 9.52 Å². The van der Waals surface area contributed by atoms with E-state index >= 15 is 0 Å². The van der Waals surface area contributed by atoms with Crippen molar-refractivity contribution in [3.8, 4) is 0 Å². The highest BCUT2D eigenvalue weighted by molar-refractivity contribution is 5.89. The Labute approximate surface area is 90.1 Å². The van der Waals surface area contributed by atoms with Crippen molar-refractivity contribution in [3.63, 3.8) is 0 Å². The molecule has 0 atom stereocenters. The molecule has 3 nitrogen and oxygen atoms in total. The van der Waals surface area contributed by atoms with Crippen LogP contribution in [0.25, 0.3) is 0 Å². The smallest absolute Gasteiger partial charge is 0.339 e. The Morgan fingerprint density at radius 3 is 2.33 bits per heavy atom. The molecule has 84 valence electrons. The first-order valence-corrected chi connectivity index (χ1v) is 5.27. The van der Waals surface area contributed by atoms with Crippen molar-refractivity contribution in [3.05, 3.63) is 23.2 Å². The fraction of sp³-hybridized carbons (Fsp3) is 0.583. The zero-order valence-corrected chi connectivity index (χ0v) is 9.70. The van der Waals surface area contributed by atoms with Gasteiger partial charge in [-0.3, -0.25) is 0 Å². The maximum absolute atomic E-state index is 11.0. The molecule has 0 saturated heterocycles. The van der Waals surface area contributed by atoms with Crippen LogP contribution in [0.5, 0.6) is 0 Å². The summed E-state index contributed by atoms with van der Waals surface area (Å²) < 4.78 is 5.57. The highest BCUT2D eigenvalue weighted by atomic mass is 16.4. The minimum atomic E-state index is -0.905. The molecule has 3 heteroatoms. The topological polar surface area (TPSA) is 50.4 Å². The minimum Gasteiger partial charge on any atom is -0.478 e. The van der Waals surface area contributed by atoms with Gasteiger partial charge in [-0.2, -0.15) is 0 Å². The fourth-order valence-corrected chi connectivity index (χ4v) is 1.56. The van der Waals surface area contributed by atoms with Crippen LogP contribution in [0, 0.1) is 5.92 Å². The van der Waals surface area contributed by atoms with Gasteiger partial charge in [-0.1, -0.05) is 27.7 Å². The Balaban J connectivity index is 3.04. The van der Waals surface area contributed by atoms with Crippen LogP contribution in [-0.4, -0.2) is 11.1 Å². The number of furan rings is 1. The van der Waals surface area contributed by atoms with Crippen molar-refractivity contribution in [2.75, 3.05) is 0 Å². The summed E-state index contributed by atoms with van der Waals surface area (Å²) in [7, 11) is 0. The first-order chi connectivity index (χ1) is 6.91. The van der Waals surface area contributed by atoms with E-state index in [9.17, 15) is 4.79 Å². The minimum absolute atomic E-state index is 0.108. The van der Waals surface area contributed by atoms with Gasteiger partial charge in [0.05, 0.1) is 0 Å². The van der Waals surface area contributed by atoms with Crippen molar-refractivity contribution in [2.45, 2.75) is 40.0 Å².